The first-order valence-electron chi connectivity index (χ1n) is 7.04. The van der Waals surface area contributed by atoms with Crippen LogP contribution < -0.4 is 5.32 Å². The van der Waals surface area contributed by atoms with Gasteiger partial charge in [0, 0.05) is 6.04 Å². The van der Waals surface area contributed by atoms with Crippen LogP contribution >= 0.6 is 0 Å². The molecule has 0 saturated heterocycles. The van der Waals surface area contributed by atoms with Crippen molar-refractivity contribution in [2.24, 2.45) is 17.8 Å². The highest BCUT2D eigenvalue weighted by Crippen LogP contribution is 2.40. The van der Waals surface area contributed by atoms with E-state index in [0.717, 1.165) is 23.8 Å². The van der Waals surface area contributed by atoms with Gasteiger partial charge in [-0.25, -0.2) is 0 Å². The van der Waals surface area contributed by atoms with Gasteiger partial charge in [0.05, 0.1) is 0 Å². The van der Waals surface area contributed by atoms with Crippen LogP contribution in [-0.4, -0.2) is 12.6 Å². The lowest BCUT2D eigenvalue weighted by atomic mass is 9.92. The van der Waals surface area contributed by atoms with E-state index in [0.29, 0.717) is 0 Å². The molecule has 0 spiro atoms. The maximum absolute atomic E-state index is 3.77. The summed E-state index contributed by atoms with van der Waals surface area (Å²) in [5.74, 6) is 3.08. The van der Waals surface area contributed by atoms with Crippen molar-refractivity contribution in [3.8, 4) is 0 Å². The first-order chi connectivity index (χ1) is 7.31. The molecule has 2 atom stereocenters. The maximum atomic E-state index is 3.77. The molecule has 0 heterocycles. The molecule has 0 amide bonds. The lowest BCUT2D eigenvalue weighted by Gasteiger charge is -2.25. The van der Waals surface area contributed by atoms with Gasteiger partial charge in [0.2, 0.25) is 0 Å². The summed E-state index contributed by atoms with van der Waals surface area (Å²) in [7, 11) is 0. The number of nitrogens with one attached hydrogen (secondary N) is 1. The lowest BCUT2D eigenvalue weighted by Crippen LogP contribution is -2.36. The molecule has 0 aromatic carbocycles. The average molecular weight is 209 g/mol. The van der Waals surface area contributed by atoms with Crippen molar-refractivity contribution in [3.63, 3.8) is 0 Å². The Kier molecular flexibility index (Phi) is 4.07. The predicted octanol–water partition coefficient (Wildman–Crippen LogP) is 3.59. The molecule has 2 aliphatic carbocycles. The van der Waals surface area contributed by atoms with Gasteiger partial charge in [-0.3, -0.25) is 0 Å². The first-order valence-corrected chi connectivity index (χ1v) is 7.04. The fourth-order valence-corrected chi connectivity index (χ4v) is 2.65. The van der Waals surface area contributed by atoms with Crippen molar-refractivity contribution in [1.82, 2.24) is 5.32 Å². The quantitative estimate of drug-likeness (QED) is 0.644. The first kappa shape index (κ1) is 11.4. The second-order valence-electron chi connectivity index (χ2n) is 5.78. The zero-order chi connectivity index (χ0) is 10.7. The molecule has 1 heteroatoms. The van der Waals surface area contributed by atoms with Crippen LogP contribution in [0, 0.1) is 17.8 Å². The van der Waals surface area contributed by atoms with Crippen molar-refractivity contribution in [2.75, 3.05) is 6.54 Å². The smallest absolute Gasteiger partial charge is 0.00954 e. The lowest BCUT2D eigenvalue weighted by molar-refractivity contribution is 0.315. The average Bonchev–Trinajstić information content (AvgIpc) is 3.09. The van der Waals surface area contributed by atoms with Gasteiger partial charge in [-0.05, 0) is 56.4 Å². The third-order valence-electron chi connectivity index (χ3n) is 4.24. The minimum absolute atomic E-state index is 0.818. The fraction of sp³-hybridized carbons (Fsp3) is 1.00. The summed E-state index contributed by atoms with van der Waals surface area (Å²) in [5, 5.41) is 3.77. The van der Waals surface area contributed by atoms with E-state index in [1.165, 1.54) is 51.5 Å². The Balaban J connectivity index is 1.71. The molecule has 2 unspecified atom stereocenters. The molecule has 0 radical (unpaired) electrons. The third kappa shape index (κ3) is 3.79. The van der Waals surface area contributed by atoms with E-state index in [1.807, 2.05) is 0 Å². The normalized spacial score (nSPS) is 25.2. The minimum atomic E-state index is 0.818. The van der Waals surface area contributed by atoms with Crippen LogP contribution in [0.2, 0.25) is 0 Å². The molecule has 0 aromatic heterocycles. The van der Waals surface area contributed by atoms with Gasteiger partial charge in [-0.15, -0.1) is 0 Å². The van der Waals surface area contributed by atoms with Crippen LogP contribution in [0.5, 0.6) is 0 Å². The van der Waals surface area contributed by atoms with Crippen LogP contribution in [0.15, 0.2) is 0 Å². The molecule has 2 aliphatic rings. The molecule has 1 N–H and O–H groups in total. The van der Waals surface area contributed by atoms with Crippen molar-refractivity contribution < 1.29 is 0 Å². The van der Waals surface area contributed by atoms with E-state index in [4.69, 9.17) is 0 Å². The van der Waals surface area contributed by atoms with E-state index in [9.17, 15) is 0 Å². The topological polar surface area (TPSA) is 12.0 Å². The summed E-state index contributed by atoms with van der Waals surface area (Å²) in [4.78, 5) is 0. The zero-order valence-corrected chi connectivity index (χ0v) is 10.5. The monoisotopic (exact) mass is 209 g/mol. The molecule has 2 rings (SSSR count). The van der Waals surface area contributed by atoms with Gasteiger partial charge in [0.25, 0.3) is 0 Å². The van der Waals surface area contributed by atoms with Crippen molar-refractivity contribution in [1.29, 1.82) is 0 Å². The summed E-state index contributed by atoms with van der Waals surface area (Å²) in [6, 6.07) is 0.818. The number of rotatable bonds is 8. The van der Waals surface area contributed by atoms with Crippen LogP contribution in [0.3, 0.4) is 0 Å². The maximum Gasteiger partial charge on any atom is 0.00954 e. The van der Waals surface area contributed by atoms with E-state index in [2.05, 4.69) is 19.2 Å². The molecule has 0 bridgehead atoms. The van der Waals surface area contributed by atoms with Crippen molar-refractivity contribution in [2.45, 2.75) is 64.8 Å². The van der Waals surface area contributed by atoms with E-state index in [-0.39, 0.29) is 0 Å². The SMILES string of the molecule is CCCNC(CCC1CC1)C(C)C1CC1. The number of hydrogen-bond acceptors (Lipinski definition) is 1. The molecule has 2 saturated carbocycles. The molecule has 15 heavy (non-hydrogen) atoms. The van der Waals surface area contributed by atoms with Gasteiger partial charge < -0.3 is 5.32 Å². The zero-order valence-electron chi connectivity index (χ0n) is 10.5. The minimum Gasteiger partial charge on any atom is -0.314 e. The summed E-state index contributed by atoms with van der Waals surface area (Å²) < 4.78 is 0. The standard InChI is InChI=1S/C14H27N/c1-3-10-15-14(9-6-12-4-5-12)11(2)13-7-8-13/h11-15H,3-10H2,1-2H3. The van der Waals surface area contributed by atoms with Crippen molar-refractivity contribution in [3.05, 3.63) is 0 Å². The Morgan fingerprint density at radius 3 is 2.47 bits per heavy atom. The number of hydrogen-bond donors (Lipinski definition) is 1. The predicted molar refractivity (Wildman–Crippen MR) is 65.9 cm³/mol. The third-order valence-corrected chi connectivity index (χ3v) is 4.24. The molecular weight excluding hydrogens is 182 g/mol. The summed E-state index contributed by atoms with van der Waals surface area (Å²) >= 11 is 0. The van der Waals surface area contributed by atoms with E-state index < -0.39 is 0 Å². The van der Waals surface area contributed by atoms with Crippen molar-refractivity contribution >= 4 is 0 Å². The molecule has 0 aliphatic heterocycles. The molecule has 2 fully saturated rings. The van der Waals surface area contributed by atoms with Gasteiger partial charge >= 0.3 is 0 Å². The highest BCUT2D eigenvalue weighted by Gasteiger charge is 2.33. The van der Waals surface area contributed by atoms with Gasteiger partial charge in [0.15, 0.2) is 0 Å². The Morgan fingerprint density at radius 2 is 1.93 bits per heavy atom. The summed E-state index contributed by atoms with van der Waals surface area (Å²) in [5.41, 5.74) is 0. The highest BCUT2D eigenvalue weighted by atomic mass is 14.9. The fourth-order valence-electron chi connectivity index (χ4n) is 2.65. The van der Waals surface area contributed by atoms with Gasteiger partial charge in [-0.2, -0.15) is 0 Å². The highest BCUT2D eigenvalue weighted by molar-refractivity contribution is 4.87. The summed E-state index contributed by atoms with van der Waals surface area (Å²) in [6.45, 7) is 5.96. The van der Waals surface area contributed by atoms with Crippen LogP contribution in [0.4, 0.5) is 0 Å². The van der Waals surface area contributed by atoms with Gasteiger partial charge in [-0.1, -0.05) is 26.7 Å². The second kappa shape index (κ2) is 5.34. The molecular formula is C14H27N. The van der Waals surface area contributed by atoms with Crippen LogP contribution in [0.25, 0.3) is 0 Å². The molecule has 0 aromatic rings. The van der Waals surface area contributed by atoms with E-state index >= 15 is 0 Å². The van der Waals surface area contributed by atoms with Gasteiger partial charge in [0.1, 0.15) is 0 Å². The largest absolute Gasteiger partial charge is 0.314 e. The Hall–Kier alpha value is -0.0400. The van der Waals surface area contributed by atoms with Crippen LogP contribution in [-0.2, 0) is 0 Å². The molecule has 88 valence electrons. The van der Waals surface area contributed by atoms with Crippen LogP contribution in [0.1, 0.15) is 58.8 Å². The molecule has 1 nitrogen and oxygen atoms in total. The Labute approximate surface area is 95.0 Å². The van der Waals surface area contributed by atoms with E-state index in [1.54, 1.807) is 0 Å². The second-order valence-corrected chi connectivity index (χ2v) is 5.78. The Bertz CT molecular complexity index is 182. The summed E-state index contributed by atoms with van der Waals surface area (Å²) in [6.07, 6.45) is 10.2. The Morgan fingerprint density at radius 1 is 1.20 bits per heavy atom.